The fourth-order valence-corrected chi connectivity index (χ4v) is 2.96. The van der Waals surface area contributed by atoms with Gasteiger partial charge in [-0.1, -0.05) is 0 Å². The van der Waals surface area contributed by atoms with Gasteiger partial charge in [-0.3, -0.25) is 0 Å². The number of hydrogen-bond donors (Lipinski definition) is 3. The number of nitrogens with one attached hydrogen (secondary N) is 3. The molecule has 0 aliphatic carbocycles. The van der Waals surface area contributed by atoms with Crippen molar-refractivity contribution in [1.29, 1.82) is 0 Å². The number of fused-ring (bicyclic) bond motifs is 1. The molecule has 5 heteroatoms. The van der Waals surface area contributed by atoms with E-state index in [0.717, 1.165) is 47.7 Å². The van der Waals surface area contributed by atoms with E-state index in [1.165, 1.54) is 6.42 Å². The smallest absolute Gasteiger partial charge is 0.139 e. The molecule has 1 aliphatic heterocycles. The van der Waals surface area contributed by atoms with Gasteiger partial charge in [0.1, 0.15) is 17.5 Å². The molecule has 1 aromatic carbocycles. The van der Waals surface area contributed by atoms with Crippen molar-refractivity contribution in [3.8, 4) is 5.75 Å². The third-order valence-electron chi connectivity index (χ3n) is 4.15. The second-order valence-electron chi connectivity index (χ2n) is 5.83. The quantitative estimate of drug-likeness (QED) is 0.691. The fraction of sp³-hybridized carbons (Fsp3) is 0.278. The van der Waals surface area contributed by atoms with Gasteiger partial charge in [-0.25, -0.2) is 4.98 Å². The monoisotopic (exact) mass is 308 g/mol. The van der Waals surface area contributed by atoms with E-state index in [0.29, 0.717) is 0 Å². The first kappa shape index (κ1) is 14.1. The van der Waals surface area contributed by atoms with Gasteiger partial charge in [0, 0.05) is 30.0 Å². The summed E-state index contributed by atoms with van der Waals surface area (Å²) in [4.78, 5) is 7.42. The number of rotatable bonds is 4. The Balaban J connectivity index is 1.46. The van der Waals surface area contributed by atoms with E-state index < -0.39 is 0 Å². The summed E-state index contributed by atoms with van der Waals surface area (Å²) in [6.45, 7) is 2.03. The maximum Gasteiger partial charge on any atom is 0.139 e. The molecule has 1 aliphatic rings. The number of aromatic nitrogens is 2. The number of ether oxygens (including phenoxy) is 1. The summed E-state index contributed by atoms with van der Waals surface area (Å²) in [7, 11) is 0. The molecule has 0 bridgehead atoms. The molecule has 0 spiro atoms. The van der Waals surface area contributed by atoms with Gasteiger partial charge in [-0.15, -0.1) is 0 Å². The van der Waals surface area contributed by atoms with Crippen LogP contribution in [-0.4, -0.2) is 29.2 Å². The van der Waals surface area contributed by atoms with Gasteiger partial charge < -0.3 is 20.4 Å². The van der Waals surface area contributed by atoms with Crippen molar-refractivity contribution in [2.75, 3.05) is 18.4 Å². The highest BCUT2D eigenvalue weighted by Gasteiger charge is 2.14. The van der Waals surface area contributed by atoms with E-state index in [9.17, 15) is 0 Å². The predicted octanol–water partition coefficient (Wildman–Crippen LogP) is 3.44. The average Bonchev–Trinajstić information content (AvgIpc) is 3.07. The number of piperidine rings is 1. The van der Waals surface area contributed by atoms with Crippen molar-refractivity contribution in [1.82, 2.24) is 15.3 Å². The Labute approximate surface area is 135 Å². The summed E-state index contributed by atoms with van der Waals surface area (Å²) in [6.07, 6.45) is 6.28. The van der Waals surface area contributed by atoms with Crippen molar-refractivity contribution in [2.24, 2.45) is 0 Å². The van der Waals surface area contributed by atoms with Crippen LogP contribution < -0.4 is 15.4 Å². The van der Waals surface area contributed by atoms with Crippen LogP contribution in [0.15, 0.2) is 48.8 Å². The zero-order chi connectivity index (χ0) is 15.5. The molecule has 1 fully saturated rings. The molecule has 2 aromatic heterocycles. The molecule has 3 aromatic rings. The van der Waals surface area contributed by atoms with Crippen LogP contribution in [0.3, 0.4) is 0 Å². The number of aromatic amines is 1. The fourth-order valence-electron chi connectivity index (χ4n) is 2.96. The minimum Gasteiger partial charge on any atom is -0.489 e. The third-order valence-corrected chi connectivity index (χ3v) is 4.15. The van der Waals surface area contributed by atoms with Crippen LogP contribution in [0.1, 0.15) is 12.8 Å². The standard InChI is InChI=1S/C18H20N4O/c1-2-15(12-19-9-1)23-14-5-3-13(4-6-14)22-17-8-11-21-18-16(17)7-10-20-18/h3-8,10-11,15,19H,1-2,9,12H2,(H2,20,21,22)/t15-/m1/s1. The summed E-state index contributed by atoms with van der Waals surface area (Å²) < 4.78 is 6.01. The van der Waals surface area contributed by atoms with Gasteiger partial charge >= 0.3 is 0 Å². The molecule has 3 N–H and O–H groups in total. The zero-order valence-corrected chi connectivity index (χ0v) is 12.9. The largest absolute Gasteiger partial charge is 0.489 e. The van der Waals surface area contributed by atoms with Crippen LogP contribution in [0.2, 0.25) is 0 Å². The molecule has 0 unspecified atom stereocenters. The van der Waals surface area contributed by atoms with E-state index in [1.807, 2.05) is 42.6 Å². The first-order valence-electron chi connectivity index (χ1n) is 8.05. The Morgan fingerprint density at radius 2 is 2.04 bits per heavy atom. The molecule has 4 rings (SSSR count). The molecule has 1 atom stereocenters. The highest BCUT2D eigenvalue weighted by atomic mass is 16.5. The summed E-state index contributed by atoms with van der Waals surface area (Å²) in [5.74, 6) is 0.922. The minimum atomic E-state index is 0.280. The topological polar surface area (TPSA) is 62.0 Å². The molecule has 5 nitrogen and oxygen atoms in total. The number of nitrogens with zero attached hydrogens (tertiary/aromatic N) is 1. The van der Waals surface area contributed by atoms with Crippen LogP contribution in [0.4, 0.5) is 11.4 Å². The first-order valence-corrected chi connectivity index (χ1v) is 8.05. The lowest BCUT2D eigenvalue weighted by Crippen LogP contribution is -2.37. The maximum atomic E-state index is 6.01. The maximum absolute atomic E-state index is 6.01. The molecule has 23 heavy (non-hydrogen) atoms. The number of anilines is 2. The van der Waals surface area contributed by atoms with Crippen LogP contribution in [0, 0.1) is 0 Å². The van der Waals surface area contributed by atoms with Gasteiger partial charge in [0.15, 0.2) is 0 Å². The second kappa shape index (κ2) is 6.30. The Hall–Kier alpha value is -2.53. The van der Waals surface area contributed by atoms with Gasteiger partial charge in [0.25, 0.3) is 0 Å². The van der Waals surface area contributed by atoms with E-state index in [4.69, 9.17) is 4.74 Å². The van der Waals surface area contributed by atoms with Gasteiger partial charge in [-0.2, -0.15) is 0 Å². The molecule has 0 radical (unpaired) electrons. The second-order valence-corrected chi connectivity index (χ2v) is 5.83. The summed E-state index contributed by atoms with van der Waals surface area (Å²) in [5.41, 5.74) is 2.97. The number of H-pyrrole nitrogens is 1. The third kappa shape index (κ3) is 3.14. The predicted molar refractivity (Wildman–Crippen MR) is 92.3 cm³/mol. The van der Waals surface area contributed by atoms with E-state index in [-0.39, 0.29) is 6.10 Å². The van der Waals surface area contributed by atoms with Crippen molar-refractivity contribution in [2.45, 2.75) is 18.9 Å². The van der Waals surface area contributed by atoms with Gasteiger partial charge in [0.2, 0.25) is 0 Å². The lowest BCUT2D eigenvalue weighted by Gasteiger charge is -2.24. The summed E-state index contributed by atoms with van der Waals surface area (Å²) in [5, 5.41) is 7.89. The van der Waals surface area contributed by atoms with Gasteiger partial charge in [0.05, 0.1) is 5.69 Å². The zero-order valence-electron chi connectivity index (χ0n) is 12.9. The highest BCUT2D eigenvalue weighted by molar-refractivity contribution is 5.91. The Kier molecular flexibility index (Phi) is 3.86. The average molecular weight is 308 g/mol. The summed E-state index contributed by atoms with van der Waals surface area (Å²) in [6, 6.07) is 12.1. The molecular weight excluding hydrogens is 288 g/mol. The van der Waals surface area contributed by atoms with E-state index in [1.54, 1.807) is 6.20 Å². The van der Waals surface area contributed by atoms with Crippen LogP contribution in [0.25, 0.3) is 11.0 Å². The normalized spacial score (nSPS) is 18.0. The molecule has 1 saturated heterocycles. The molecule has 0 amide bonds. The van der Waals surface area contributed by atoms with Crippen molar-refractivity contribution < 1.29 is 4.74 Å². The van der Waals surface area contributed by atoms with Crippen molar-refractivity contribution in [3.63, 3.8) is 0 Å². The number of pyridine rings is 1. The summed E-state index contributed by atoms with van der Waals surface area (Å²) >= 11 is 0. The Bertz CT molecular complexity index is 775. The van der Waals surface area contributed by atoms with Crippen LogP contribution in [0.5, 0.6) is 5.75 Å². The van der Waals surface area contributed by atoms with Crippen molar-refractivity contribution >= 4 is 22.4 Å². The van der Waals surface area contributed by atoms with Crippen molar-refractivity contribution in [3.05, 3.63) is 48.8 Å². The van der Waals surface area contributed by atoms with E-state index >= 15 is 0 Å². The molecular formula is C18H20N4O. The molecule has 3 heterocycles. The Morgan fingerprint density at radius 1 is 1.13 bits per heavy atom. The minimum absolute atomic E-state index is 0.280. The molecule has 118 valence electrons. The van der Waals surface area contributed by atoms with Gasteiger partial charge in [-0.05, 0) is 55.8 Å². The SMILES string of the molecule is c1cc(Nc2ccc(O[C@@H]3CCCNC3)cc2)c2cc[nH]c2n1. The highest BCUT2D eigenvalue weighted by Crippen LogP contribution is 2.26. The van der Waals surface area contributed by atoms with Crippen LogP contribution in [-0.2, 0) is 0 Å². The Morgan fingerprint density at radius 3 is 2.87 bits per heavy atom. The lowest BCUT2D eigenvalue weighted by atomic mass is 10.1. The molecule has 0 saturated carbocycles. The number of benzene rings is 1. The lowest BCUT2D eigenvalue weighted by molar-refractivity contribution is 0.167. The number of hydrogen-bond acceptors (Lipinski definition) is 4. The van der Waals surface area contributed by atoms with E-state index in [2.05, 4.69) is 20.6 Å². The van der Waals surface area contributed by atoms with Crippen LogP contribution >= 0.6 is 0 Å². The first-order chi connectivity index (χ1) is 11.4.